The van der Waals surface area contributed by atoms with Crippen LogP contribution in [-0.4, -0.2) is 8.42 Å². The van der Waals surface area contributed by atoms with E-state index in [9.17, 15) is 12.8 Å². The van der Waals surface area contributed by atoms with Crippen molar-refractivity contribution in [3.05, 3.63) is 58.4 Å². The van der Waals surface area contributed by atoms with Gasteiger partial charge in [-0.3, -0.25) is 0 Å². The third-order valence-electron chi connectivity index (χ3n) is 2.96. The van der Waals surface area contributed by atoms with E-state index in [1.807, 2.05) is 0 Å². The maximum Gasteiger partial charge on any atom is 0.184 e. The van der Waals surface area contributed by atoms with Crippen LogP contribution in [0.4, 0.5) is 10.1 Å². The average Bonchev–Trinajstić information content (AvgIpc) is 2.36. The van der Waals surface area contributed by atoms with Gasteiger partial charge in [0, 0.05) is 0 Å². The lowest BCUT2D eigenvalue weighted by Gasteiger charge is -2.10. The molecule has 0 unspecified atom stereocenters. The fourth-order valence-corrected chi connectivity index (χ4v) is 3.52. The van der Waals surface area contributed by atoms with Gasteiger partial charge in [-0.2, -0.15) is 0 Å². The number of hydrogen-bond donors (Lipinski definition) is 1. The van der Waals surface area contributed by atoms with Gasteiger partial charge in [-0.05, 0) is 36.2 Å². The van der Waals surface area contributed by atoms with E-state index in [4.69, 9.17) is 17.3 Å². The molecule has 0 heterocycles. The average molecular weight is 314 g/mol. The highest BCUT2D eigenvalue weighted by Crippen LogP contribution is 2.26. The molecule has 6 heteroatoms. The summed E-state index contributed by atoms with van der Waals surface area (Å²) in [6.07, 6.45) is 0. The number of para-hydroxylation sites is 1. The fourth-order valence-electron chi connectivity index (χ4n) is 1.85. The number of aryl methyl sites for hydroxylation is 1. The van der Waals surface area contributed by atoms with Crippen molar-refractivity contribution in [3.8, 4) is 0 Å². The number of halogens is 2. The summed E-state index contributed by atoms with van der Waals surface area (Å²) in [5.41, 5.74) is 7.04. The van der Waals surface area contributed by atoms with Crippen molar-refractivity contribution >= 4 is 27.1 Å². The Balaban J connectivity index is 2.41. The molecule has 0 aliphatic rings. The van der Waals surface area contributed by atoms with Crippen LogP contribution in [-0.2, 0) is 15.6 Å². The van der Waals surface area contributed by atoms with Crippen molar-refractivity contribution in [2.24, 2.45) is 0 Å². The van der Waals surface area contributed by atoms with Gasteiger partial charge in [-0.15, -0.1) is 0 Å². The smallest absolute Gasteiger partial charge is 0.184 e. The van der Waals surface area contributed by atoms with Crippen molar-refractivity contribution in [1.82, 2.24) is 0 Å². The molecule has 0 aromatic heterocycles. The Hall–Kier alpha value is -1.59. The first-order valence-corrected chi connectivity index (χ1v) is 7.86. The van der Waals surface area contributed by atoms with E-state index >= 15 is 0 Å². The van der Waals surface area contributed by atoms with Crippen LogP contribution < -0.4 is 5.73 Å². The number of sulfone groups is 1. The minimum atomic E-state index is -3.63. The largest absolute Gasteiger partial charge is 0.397 e. The Morgan fingerprint density at radius 3 is 2.60 bits per heavy atom. The van der Waals surface area contributed by atoms with Crippen LogP contribution in [0.1, 0.15) is 11.1 Å². The number of benzene rings is 2. The molecule has 0 amide bonds. The second kappa shape index (κ2) is 5.42. The molecule has 0 atom stereocenters. The standard InChI is InChI=1S/C14H13ClFNO2S/c1-9-3-2-4-13(14(9)17)20(18,19)8-10-5-6-11(15)12(16)7-10/h2-7H,8,17H2,1H3. The van der Waals surface area contributed by atoms with Crippen LogP contribution >= 0.6 is 11.6 Å². The number of rotatable bonds is 3. The summed E-state index contributed by atoms with van der Waals surface area (Å²) in [5, 5.41) is -0.0405. The minimum absolute atomic E-state index is 0.0405. The second-order valence-electron chi connectivity index (χ2n) is 4.49. The summed E-state index contributed by atoms with van der Waals surface area (Å²) in [7, 11) is -3.63. The molecule has 0 fully saturated rings. The number of nitrogen functional groups attached to an aromatic ring is 1. The van der Waals surface area contributed by atoms with E-state index in [-0.39, 0.29) is 21.4 Å². The minimum Gasteiger partial charge on any atom is -0.397 e. The van der Waals surface area contributed by atoms with Gasteiger partial charge in [0.25, 0.3) is 0 Å². The number of hydrogen-bond acceptors (Lipinski definition) is 3. The summed E-state index contributed by atoms with van der Waals surface area (Å²) < 4.78 is 38.0. The summed E-state index contributed by atoms with van der Waals surface area (Å²) in [6, 6.07) is 8.74. The van der Waals surface area contributed by atoms with Crippen LogP contribution in [0.3, 0.4) is 0 Å². The van der Waals surface area contributed by atoms with Crippen molar-refractivity contribution in [2.45, 2.75) is 17.6 Å². The summed E-state index contributed by atoms with van der Waals surface area (Å²) in [5.74, 6) is -0.967. The molecule has 0 saturated carbocycles. The molecule has 2 aromatic carbocycles. The topological polar surface area (TPSA) is 60.2 Å². The first kappa shape index (κ1) is 14.8. The van der Waals surface area contributed by atoms with E-state index in [0.717, 1.165) is 6.07 Å². The Morgan fingerprint density at radius 2 is 1.95 bits per heavy atom. The lowest BCUT2D eigenvalue weighted by atomic mass is 10.2. The normalized spacial score (nSPS) is 11.6. The molecule has 0 spiro atoms. The van der Waals surface area contributed by atoms with Gasteiger partial charge in [0.1, 0.15) is 5.82 Å². The number of nitrogens with two attached hydrogens (primary N) is 1. The second-order valence-corrected chi connectivity index (χ2v) is 6.86. The highest BCUT2D eigenvalue weighted by atomic mass is 35.5. The van der Waals surface area contributed by atoms with E-state index in [1.165, 1.54) is 18.2 Å². The predicted molar refractivity (Wildman–Crippen MR) is 77.9 cm³/mol. The summed E-state index contributed by atoms with van der Waals surface area (Å²) in [6.45, 7) is 1.73. The van der Waals surface area contributed by atoms with Gasteiger partial charge in [-0.1, -0.05) is 29.8 Å². The Kier molecular flexibility index (Phi) is 4.01. The van der Waals surface area contributed by atoms with Crippen LogP contribution in [0.25, 0.3) is 0 Å². The Labute approximate surface area is 122 Å². The van der Waals surface area contributed by atoms with E-state index in [0.29, 0.717) is 11.1 Å². The molecule has 0 aliphatic carbocycles. The molecule has 2 aromatic rings. The number of anilines is 1. The van der Waals surface area contributed by atoms with E-state index in [2.05, 4.69) is 0 Å². The molecule has 0 bridgehead atoms. The molecule has 0 aliphatic heterocycles. The summed E-state index contributed by atoms with van der Waals surface area (Å²) >= 11 is 5.57. The zero-order valence-corrected chi connectivity index (χ0v) is 12.3. The first-order valence-electron chi connectivity index (χ1n) is 5.83. The molecule has 0 radical (unpaired) electrons. The van der Waals surface area contributed by atoms with Crippen LogP contribution in [0.15, 0.2) is 41.3 Å². The fraction of sp³-hybridized carbons (Fsp3) is 0.143. The molecular weight excluding hydrogens is 301 g/mol. The third-order valence-corrected chi connectivity index (χ3v) is 5.01. The van der Waals surface area contributed by atoms with Crippen molar-refractivity contribution < 1.29 is 12.8 Å². The zero-order chi connectivity index (χ0) is 14.9. The van der Waals surface area contributed by atoms with Gasteiger partial charge >= 0.3 is 0 Å². The molecular formula is C14H13ClFNO2S. The van der Waals surface area contributed by atoms with Crippen LogP contribution in [0.2, 0.25) is 5.02 Å². The summed E-state index contributed by atoms with van der Waals surface area (Å²) in [4.78, 5) is 0.0628. The van der Waals surface area contributed by atoms with Crippen molar-refractivity contribution in [3.63, 3.8) is 0 Å². The van der Waals surface area contributed by atoms with Gasteiger partial charge in [-0.25, -0.2) is 12.8 Å². The van der Waals surface area contributed by atoms with Crippen molar-refractivity contribution in [2.75, 3.05) is 5.73 Å². The Bertz CT molecular complexity index is 760. The van der Waals surface area contributed by atoms with Gasteiger partial charge < -0.3 is 5.73 Å². The zero-order valence-electron chi connectivity index (χ0n) is 10.7. The predicted octanol–water partition coefficient (Wildman–Crippen LogP) is 3.34. The molecule has 2 rings (SSSR count). The lowest BCUT2D eigenvalue weighted by Crippen LogP contribution is -2.09. The molecule has 0 saturated heterocycles. The van der Waals surface area contributed by atoms with Crippen LogP contribution in [0, 0.1) is 12.7 Å². The van der Waals surface area contributed by atoms with Gasteiger partial charge in [0.05, 0.1) is 21.4 Å². The molecule has 106 valence electrons. The van der Waals surface area contributed by atoms with Gasteiger partial charge in [0.15, 0.2) is 9.84 Å². The maximum absolute atomic E-state index is 13.3. The van der Waals surface area contributed by atoms with Crippen molar-refractivity contribution in [1.29, 1.82) is 0 Å². The SMILES string of the molecule is Cc1cccc(S(=O)(=O)Cc2ccc(Cl)c(F)c2)c1N. The third kappa shape index (κ3) is 2.94. The lowest BCUT2D eigenvalue weighted by molar-refractivity contribution is 0.595. The maximum atomic E-state index is 13.3. The first-order chi connectivity index (χ1) is 9.31. The van der Waals surface area contributed by atoms with E-state index in [1.54, 1.807) is 19.1 Å². The van der Waals surface area contributed by atoms with Gasteiger partial charge in [0.2, 0.25) is 0 Å². The monoisotopic (exact) mass is 313 g/mol. The van der Waals surface area contributed by atoms with E-state index < -0.39 is 15.7 Å². The Morgan fingerprint density at radius 1 is 1.25 bits per heavy atom. The highest BCUT2D eigenvalue weighted by Gasteiger charge is 2.19. The molecule has 20 heavy (non-hydrogen) atoms. The molecule has 3 nitrogen and oxygen atoms in total. The quantitative estimate of drug-likeness (QED) is 0.884. The highest BCUT2D eigenvalue weighted by molar-refractivity contribution is 7.90. The van der Waals surface area contributed by atoms with Crippen LogP contribution in [0.5, 0.6) is 0 Å². The molecule has 2 N–H and O–H groups in total.